The number of piperidine rings is 1. The van der Waals surface area contributed by atoms with Crippen molar-refractivity contribution in [2.75, 3.05) is 19.7 Å². The van der Waals surface area contributed by atoms with Crippen molar-refractivity contribution in [3.8, 4) is 0 Å². The van der Waals surface area contributed by atoms with Gasteiger partial charge in [-0.15, -0.1) is 0 Å². The molecule has 2 heterocycles. The highest BCUT2D eigenvalue weighted by molar-refractivity contribution is 5.74. The van der Waals surface area contributed by atoms with Crippen LogP contribution in [0.15, 0.2) is 0 Å². The zero-order chi connectivity index (χ0) is 15.2. The third kappa shape index (κ3) is 5.19. The van der Waals surface area contributed by atoms with E-state index in [2.05, 4.69) is 5.32 Å². The number of nitrogens with zero attached hydrogens (tertiary/aromatic N) is 1. The summed E-state index contributed by atoms with van der Waals surface area (Å²) in [7, 11) is 0. The van der Waals surface area contributed by atoms with Crippen LogP contribution in [0.2, 0.25) is 0 Å². The van der Waals surface area contributed by atoms with Crippen LogP contribution in [0.4, 0.5) is 4.79 Å². The second-order valence-corrected chi connectivity index (χ2v) is 6.24. The summed E-state index contributed by atoms with van der Waals surface area (Å²) in [6.45, 7) is 4.18. The van der Waals surface area contributed by atoms with Gasteiger partial charge in [0.1, 0.15) is 0 Å². The van der Waals surface area contributed by atoms with Crippen LogP contribution < -0.4 is 5.32 Å². The lowest BCUT2D eigenvalue weighted by molar-refractivity contribution is -0.137. The lowest BCUT2D eigenvalue weighted by Crippen LogP contribution is -2.50. The van der Waals surface area contributed by atoms with Gasteiger partial charge in [0.25, 0.3) is 0 Å². The minimum Gasteiger partial charge on any atom is -0.481 e. The number of ether oxygens (including phenoxy) is 1. The minimum atomic E-state index is -0.757. The molecule has 2 aliphatic rings. The van der Waals surface area contributed by atoms with Crippen LogP contribution in [0.1, 0.15) is 45.4 Å². The van der Waals surface area contributed by atoms with E-state index in [1.807, 2.05) is 11.8 Å². The fraction of sp³-hybridized carbons (Fsp3) is 0.867. The summed E-state index contributed by atoms with van der Waals surface area (Å²) >= 11 is 0. The molecule has 2 saturated heterocycles. The third-order valence-corrected chi connectivity index (χ3v) is 4.39. The molecular formula is C15H26N2O4. The van der Waals surface area contributed by atoms with Gasteiger partial charge in [-0.2, -0.15) is 0 Å². The van der Waals surface area contributed by atoms with Crippen molar-refractivity contribution in [3.05, 3.63) is 0 Å². The molecule has 2 rings (SSSR count). The van der Waals surface area contributed by atoms with Crippen LogP contribution in [0, 0.1) is 5.92 Å². The van der Waals surface area contributed by atoms with Gasteiger partial charge in [0.15, 0.2) is 0 Å². The molecule has 0 saturated carbocycles. The predicted molar refractivity (Wildman–Crippen MR) is 78.1 cm³/mol. The molecular weight excluding hydrogens is 272 g/mol. The number of likely N-dealkylation sites (tertiary alicyclic amines) is 1. The molecule has 2 N–H and O–H groups in total. The lowest BCUT2D eigenvalue weighted by atomic mass is 9.93. The van der Waals surface area contributed by atoms with Crippen LogP contribution in [0.25, 0.3) is 0 Å². The van der Waals surface area contributed by atoms with Gasteiger partial charge in [0.05, 0.1) is 6.10 Å². The number of aliphatic carboxylic acids is 1. The average molecular weight is 298 g/mol. The van der Waals surface area contributed by atoms with Gasteiger partial charge in [-0.1, -0.05) is 0 Å². The van der Waals surface area contributed by atoms with E-state index in [-0.39, 0.29) is 24.6 Å². The second-order valence-electron chi connectivity index (χ2n) is 6.24. The first kappa shape index (κ1) is 16.1. The van der Waals surface area contributed by atoms with Crippen molar-refractivity contribution in [3.63, 3.8) is 0 Å². The Morgan fingerprint density at radius 2 is 2.19 bits per heavy atom. The highest BCUT2D eigenvalue weighted by Crippen LogP contribution is 2.21. The molecule has 0 aliphatic carbocycles. The SMILES string of the molecule is CC1CC(NC(=O)N2CCCC(CCC(=O)O)C2)CCO1. The molecule has 0 aromatic rings. The summed E-state index contributed by atoms with van der Waals surface area (Å²) in [5.74, 6) is -0.443. The van der Waals surface area contributed by atoms with E-state index < -0.39 is 5.97 Å². The Balaban J connectivity index is 1.77. The number of hydrogen-bond acceptors (Lipinski definition) is 3. The van der Waals surface area contributed by atoms with Gasteiger partial charge >= 0.3 is 12.0 Å². The maximum absolute atomic E-state index is 12.3. The fourth-order valence-electron chi connectivity index (χ4n) is 3.21. The van der Waals surface area contributed by atoms with E-state index in [0.717, 1.165) is 32.2 Å². The van der Waals surface area contributed by atoms with Gasteiger partial charge in [-0.05, 0) is 44.9 Å². The summed E-state index contributed by atoms with van der Waals surface area (Å²) < 4.78 is 5.49. The molecule has 21 heavy (non-hydrogen) atoms. The molecule has 2 aliphatic heterocycles. The smallest absolute Gasteiger partial charge is 0.317 e. The van der Waals surface area contributed by atoms with Crippen LogP contribution >= 0.6 is 0 Å². The highest BCUT2D eigenvalue weighted by Gasteiger charge is 2.27. The molecule has 0 radical (unpaired) electrons. The number of nitrogens with one attached hydrogen (secondary N) is 1. The van der Waals surface area contributed by atoms with Crippen LogP contribution in [-0.2, 0) is 9.53 Å². The Kier molecular flexibility index (Phi) is 5.85. The minimum absolute atomic E-state index is 0.00544. The number of hydrogen-bond donors (Lipinski definition) is 2. The summed E-state index contributed by atoms with van der Waals surface area (Å²) in [4.78, 5) is 24.8. The number of carbonyl (C=O) groups is 2. The Hall–Kier alpha value is -1.30. The van der Waals surface area contributed by atoms with Crippen molar-refractivity contribution in [2.45, 2.75) is 57.6 Å². The summed E-state index contributed by atoms with van der Waals surface area (Å²) in [6, 6.07) is 0.190. The van der Waals surface area contributed by atoms with Crippen molar-refractivity contribution >= 4 is 12.0 Å². The molecule has 0 aromatic carbocycles. The van der Waals surface area contributed by atoms with E-state index in [1.54, 1.807) is 0 Å². The molecule has 3 unspecified atom stereocenters. The van der Waals surface area contributed by atoms with Crippen LogP contribution in [0.5, 0.6) is 0 Å². The molecule has 2 amide bonds. The summed E-state index contributed by atoms with van der Waals surface area (Å²) in [5.41, 5.74) is 0. The van der Waals surface area contributed by atoms with Crippen LogP contribution in [-0.4, -0.2) is 53.8 Å². The quantitative estimate of drug-likeness (QED) is 0.830. The fourth-order valence-corrected chi connectivity index (χ4v) is 3.21. The molecule has 6 heteroatoms. The summed E-state index contributed by atoms with van der Waals surface area (Å²) in [5, 5.41) is 11.9. The first-order chi connectivity index (χ1) is 10.0. The van der Waals surface area contributed by atoms with E-state index in [4.69, 9.17) is 9.84 Å². The predicted octanol–water partition coefficient (Wildman–Crippen LogP) is 1.84. The first-order valence-corrected chi connectivity index (χ1v) is 7.93. The van der Waals surface area contributed by atoms with Gasteiger partial charge in [-0.3, -0.25) is 4.79 Å². The lowest BCUT2D eigenvalue weighted by Gasteiger charge is -2.35. The number of amides is 2. The molecule has 0 aromatic heterocycles. The maximum Gasteiger partial charge on any atom is 0.317 e. The molecule has 3 atom stereocenters. The molecule has 0 spiro atoms. The first-order valence-electron chi connectivity index (χ1n) is 7.93. The zero-order valence-corrected chi connectivity index (χ0v) is 12.7. The van der Waals surface area contributed by atoms with Crippen molar-refractivity contribution < 1.29 is 19.4 Å². The number of rotatable bonds is 4. The van der Waals surface area contributed by atoms with E-state index in [1.165, 1.54) is 0 Å². The number of carbonyl (C=O) groups excluding carboxylic acids is 1. The van der Waals surface area contributed by atoms with E-state index in [0.29, 0.717) is 25.5 Å². The van der Waals surface area contributed by atoms with Gasteiger partial charge < -0.3 is 20.1 Å². The number of urea groups is 1. The molecule has 0 bridgehead atoms. The standard InChI is InChI=1S/C15H26N2O4/c1-11-9-13(6-8-21-11)16-15(20)17-7-2-3-12(10-17)4-5-14(18)19/h11-13H,2-10H2,1H3,(H,16,20)(H,18,19). The molecule has 120 valence electrons. The van der Waals surface area contributed by atoms with Crippen molar-refractivity contribution in [1.29, 1.82) is 0 Å². The van der Waals surface area contributed by atoms with Crippen molar-refractivity contribution in [2.24, 2.45) is 5.92 Å². The monoisotopic (exact) mass is 298 g/mol. The Labute approximate surface area is 125 Å². The Morgan fingerprint density at radius 3 is 2.90 bits per heavy atom. The maximum atomic E-state index is 12.3. The normalized spacial score (nSPS) is 30.0. The van der Waals surface area contributed by atoms with Gasteiger partial charge in [0.2, 0.25) is 0 Å². The van der Waals surface area contributed by atoms with Crippen LogP contribution in [0.3, 0.4) is 0 Å². The largest absolute Gasteiger partial charge is 0.481 e. The van der Waals surface area contributed by atoms with E-state index in [9.17, 15) is 9.59 Å². The topological polar surface area (TPSA) is 78.9 Å². The number of carboxylic acids is 1. The van der Waals surface area contributed by atoms with E-state index >= 15 is 0 Å². The average Bonchev–Trinajstić information content (AvgIpc) is 2.45. The second kappa shape index (κ2) is 7.64. The highest BCUT2D eigenvalue weighted by atomic mass is 16.5. The van der Waals surface area contributed by atoms with Gasteiger partial charge in [0, 0.05) is 32.2 Å². The third-order valence-electron chi connectivity index (χ3n) is 4.39. The van der Waals surface area contributed by atoms with Gasteiger partial charge in [-0.25, -0.2) is 4.79 Å². The molecule has 6 nitrogen and oxygen atoms in total. The number of carboxylic acid groups (broad SMARTS) is 1. The summed E-state index contributed by atoms with van der Waals surface area (Å²) in [6.07, 6.45) is 4.76. The Bertz CT molecular complexity index is 375. The van der Waals surface area contributed by atoms with Crippen molar-refractivity contribution in [1.82, 2.24) is 10.2 Å². The molecule has 2 fully saturated rings. The Morgan fingerprint density at radius 1 is 1.38 bits per heavy atom. The zero-order valence-electron chi connectivity index (χ0n) is 12.7.